The second-order valence-electron chi connectivity index (χ2n) is 6.70. The fourth-order valence-corrected chi connectivity index (χ4v) is 2.89. The minimum absolute atomic E-state index is 0.0563. The van der Waals surface area contributed by atoms with Crippen LogP contribution in [0.2, 0.25) is 0 Å². The third-order valence-electron chi connectivity index (χ3n) is 4.40. The first-order chi connectivity index (χ1) is 13.5. The Morgan fingerprint density at radius 1 is 1.21 bits per heavy atom. The molecule has 1 N–H and O–H groups in total. The van der Waals surface area contributed by atoms with Crippen LogP contribution in [0.1, 0.15) is 25.2 Å². The number of aromatic amines is 1. The SMILES string of the molecule is COc1cccc(/C=C/C(=O)N(Cc2nc3ccccc3c(=O)[nH]2)C(C)C)c1. The van der Waals surface area contributed by atoms with E-state index in [0.717, 1.165) is 11.3 Å². The van der Waals surface area contributed by atoms with Gasteiger partial charge in [0.15, 0.2) is 0 Å². The molecular weight excluding hydrogens is 354 g/mol. The van der Waals surface area contributed by atoms with Crippen molar-refractivity contribution < 1.29 is 9.53 Å². The van der Waals surface area contributed by atoms with Gasteiger partial charge in [-0.1, -0.05) is 24.3 Å². The van der Waals surface area contributed by atoms with Gasteiger partial charge in [0.1, 0.15) is 11.6 Å². The lowest BCUT2D eigenvalue weighted by Gasteiger charge is -2.25. The van der Waals surface area contributed by atoms with E-state index in [2.05, 4.69) is 9.97 Å². The average molecular weight is 377 g/mol. The van der Waals surface area contributed by atoms with Gasteiger partial charge in [0, 0.05) is 12.1 Å². The number of para-hydroxylation sites is 1. The largest absolute Gasteiger partial charge is 0.497 e. The van der Waals surface area contributed by atoms with Crippen LogP contribution in [0.5, 0.6) is 5.75 Å². The number of carbonyl (C=O) groups excluding carboxylic acids is 1. The Kier molecular flexibility index (Phi) is 5.89. The zero-order chi connectivity index (χ0) is 20.1. The zero-order valence-electron chi connectivity index (χ0n) is 16.2. The maximum atomic E-state index is 12.8. The number of nitrogens with one attached hydrogen (secondary N) is 1. The van der Waals surface area contributed by atoms with Crippen molar-refractivity contribution in [3.63, 3.8) is 0 Å². The molecule has 3 aromatic rings. The van der Waals surface area contributed by atoms with E-state index in [9.17, 15) is 9.59 Å². The summed E-state index contributed by atoms with van der Waals surface area (Å²) in [6, 6.07) is 14.6. The highest BCUT2D eigenvalue weighted by Gasteiger charge is 2.17. The van der Waals surface area contributed by atoms with E-state index in [4.69, 9.17) is 4.74 Å². The molecule has 0 saturated carbocycles. The number of benzene rings is 2. The van der Waals surface area contributed by atoms with E-state index in [0.29, 0.717) is 16.7 Å². The van der Waals surface area contributed by atoms with Crippen LogP contribution in [0.4, 0.5) is 0 Å². The molecule has 0 spiro atoms. The number of rotatable bonds is 6. The summed E-state index contributed by atoms with van der Waals surface area (Å²) >= 11 is 0. The van der Waals surface area contributed by atoms with Gasteiger partial charge in [-0.2, -0.15) is 0 Å². The zero-order valence-corrected chi connectivity index (χ0v) is 16.2. The molecule has 0 bridgehead atoms. The van der Waals surface area contributed by atoms with Crippen LogP contribution < -0.4 is 10.3 Å². The van der Waals surface area contributed by atoms with E-state index in [1.807, 2.05) is 44.2 Å². The summed E-state index contributed by atoms with van der Waals surface area (Å²) in [4.78, 5) is 33.9. The van der Waals surface area contributed by atoms with Crippen molar-refractivity contribution in [3.8, 4) is 5.75 Å². The molecule has 1 heterocycles. The van der Waals surface area contributed by atoms with Crippen LogP contribution in [-0.4, -0.2) is 33.9 Å². The first-order valence-corrected chi connectivity index (χ1v) is 9.08. The molecule has 28 heavy (non-hydrogen) atoms. The number of carbonyl (C=O) groups is 1. The molecule has 0 unspecified atom stereocenters. The molecular formula is C22H23N3O3. The normalized spacial score (nSPS) is 11.3. The minimum Gasteiger partial charge on any atom is -0.497 e. The van der Waals surface area contributed by atoms with Crippen molar-refractivity contribution in [1.82, 2.24) is 14.9 Å². The third kappa shape index (κ3) is 4.46. The van der Waals surface area contributed by atoms with E-state index in [1.165, 1.54) is 6.08 Å². The van der Waals surface area contributed by atoms with Crippen LogP contribution in [0.15, 0.2) is 59.4 Å². The Morgan fingerprint density at radius 2 is 2.00 bits per heavy atom. The van der Waals surface area contributed by atoms with Crippen LogP contribution in [0.25, 0.3) is 17.0 Å². The Labute approximate surface area is 163 Å². The van der Waals surface area contributed by atoms with Crippen LogP contribution >= 0.6 is 0 Å². The molecule has 0 aliphatic carbocycles. The molecule has 3 rings (SSSR count). The van der Waals surface area contributed by atoms with Gasteiger partial charge in [0.25, 0.3) is 5.56 Å². The van der Waals surface area contributed by atoms with Crippen LogP contribution in [0.3, 0.4) is 0 Å². The number of fused-ring (bicyclic) bond motifs is 1. The number of methoxy groups -OCH3 is 1. The van der Waals surface area contributed by atoms with Crippen LogP contribution in [-0.2, 0) is 11.3 Å². The summed E-state index contributed by atoms with van der Waals surface area (Å²) in [6.07, 6.45) is 3.27. The number of hydrogen-bond donors (Lipinski definition) is 1. The Hall–Kier alpha value is -3.41. The molecule has 0 radical (unpaired) electrons. The number of aromatic nitrogens is 2. The highest BCUT2D eigenvalue weighted by Crippen LogP contribution is 2.15. The molecule has 144 valence electrons. The first-order valence-electron chi connectivity index (χ1n) is 9.08. The predicted molar refractivity (Wildman–Crippen MR) is 110 cm³/mol. The molecule has 6 nitrogen and oxygen atoms in total. The lowest BCUT2D eigenvalue weighted by molar-refractivity contribution is -0.128. The second-order valence-corrected chi connectivity index (χ2v) is 6.70. The molecule has 1 aromatic heterocycles. The van der Waals surface area contributed by atoms with Crippen molar-refractivity contribution in [2.75, 3.05) is 7.11 Å². The van der Waals surface area contributed by atoms with Crippen molar-refractivity contribution in [2.45, 2.75) is 26.4 Å². The molecule has 6 heteroatoms. The maximum absolute atomic E-state index is 12.8. The predicted octanol–water partition coefficient (Wildman–Crippen LogP) is 3.38. The fraction of sp³-hybridized carbons (Fsp3) is 0.227. The second kappa shape index (κ2) is 8.52. The molecule has 0 atom stereocenters. The summed E-state index contributed by atoms with van der Waals surface area (Å²) in [6.45, 7) is 4.08. The standard InChI is InChI=1S/C22H23N3O3/c1-15(2)25(21(26)12-11-16-7-6-8-17(13-16)28-3)14-20-23-19-10-5-4-9-18(19)22(27)24-20/h4-13,15H,14H2,1-3H3,(H,23,24,27)/b12-11+. The van der Waals surface area contributed by atoms with Gasteiger partial charge in [0.05, 0.1) is 24.6 Å². The monoisotopic (exact) mass is 377 g/mol. The molecule has 0 aliphatic rings. The van der Waals surface area contributed by atoms with E-state index in [1.54, 1.807) is 36.3 Å². The van der Waals surface area contributed by atoms with Crippen molar-refractivity contribution >= 4 is 22.9 Å². The average Bonchev–Trinajstić information content (AvgIpc) is 2.70. The summed E-state index contributed by atoms with van der Waals surface area (Å²) < 4.78 is 5.20. The number of amides is 1. The smallest absolute Gasteiger partial charge is 0.258 e. The fourth-order valence-electron chi connectivity index (χ4n) is 2.89. The number of ether oxygens (including phenoxy) is 1. The van der Waals surface area contributed by atoms with Crippen LogP contribution in [0, 0.1) is 0 Å². The number of hydrogen-bond acceptors (Lipinski definition) is 4. The number of nitrogens with zero attached hydrogens (tertiary/aromatic N) is 2. The highest BCUT2D eigenvalue weighted by molar-refractivity contribution is 5.92. The topological polar surface area (TPSA) is 75.3 Å². The van der Waals surface area contributed by atoms with Gasteiger partial charge in [-0.15, -0.1) is 0 Å². The van der Waals surface area contributed by atoms with Gasteiger partial charge in [-0.3, -0.25) is 9.59 Å². The lowest BCUT2D eigenvalue weighted by Crippen LogP contribution is -2.36. The maximum Gasteiger partial charge on any atom is 0.258 e. The minimum atomic E-state index is -0.205. The summed E-state index contributed by atoms with van der Waals surface area (Å²) in [5.41, 5.74) is 1.28. The molecule has 0 saturated heterocycles. The van der Waals surface area contributed by atoms with Gasteiger partial charge >= 0.3 is 0 Å². The van der Waals surface area contributed by atoms with Gasteiger partial charge in [0.2, 0.25) is 5.91 Å². The van der Waals surface area contributed by atoms with Gasteiger partial charge < -0.3 is 14.6 Å². The van der Waals surface area contributed by atoms with E-state index in [-0.39, 0.29) is 24.1 Å². The number of H-pyrrole nitrogens is 1. The Morgan fingerprint density at radius 3 is 2.75 bits per heavy atom. The molecule has 0 aliphatic heterocycles. The van der Waals surface area contributed by atoms with Gasteiger partial charge in [-0.25, -0.2) is 4.98 Å². The molecule has 0 fully saturated rings. The molecule has 2 aromatic carbocycles. The summed E-state index contributed by atoms with van der Waals surface area (Å²) in [5, 5.41) is 0.534. The van der Waals surface area contributed by atoms with Gasteiger partial charge in [-0.05, 0) is 49.8 Å². The Bertz CT molecular complexity index is 1070. The summed E-state index contributed by atoms with van der Waals surface area (Å²) in [7, 11) is 1.60. The van der Waals surface area contributed by atoms with Crippen molar-refractivity contribution in [3.05, 3.63) is 76.3 Å². The Balaban J connectivity index is 1.82. The van der Waals surface area contributed by atoms with Crippen molar-refractivity contribution in [1.29, 1.82) is 0 Å². The third-order valence-corrected chi connectivity index (χ3v) is 4.40. The lowest BCUT2D eigenvalue weighted by atomic mass is 10.2. The highest BCUT2D eigenvalue weighted by atomic mass is 16.5. The quantitative estimate of drug-likeness (QED) is 0.668. The van der Waals surface area contributed by atoms with E-state index < -0.39 is 0 Å². The summed E-state index contributed by atoms with van der Waals surface area (Å²) in [5.74, 6) is 1.03. The molecule has 1 amide bonds. The first kappa shape index (κ1) is 19.4. The van der Waals surface area contributed by atoms with Crippen molar-refractivity contribution in [2.24, 2.45) is 0 Å². The van der Waals surface area contributed by atoms with E-state index >= 15 is 0 Å².